The normalized spacial score (nSPS) is 29.3. The quantitative estimate of drug-likeness (QED) is 0.763. The van der Waals surface area contributed by atoms with Crippen molar-refractivity contribution in [3.05, 3.63) is 16.4 Å². The second-order valence-electron chi connectivity index (χ2n) is 8.12. The Morgan fingerprint density at radius 2 is 2.07 bits per heavy atom. The molecule has 0 N–H and O–H groups in total. The van der Waals surface area contributed by atoms with E-state index < -0.39 is 12.2 Å². The Bertz CT molecular complexity index is 867. The maximum absolute atomic E-state index is 13.7. The van der Waals surface area contributed by atoms with Crippen molar-refractivity contribution in [3.8, 4) is 0 Å². The van der Waals surface area contributed by atoms with E-state index in [1.165, 1.54) is 10.6 Å². The van der Waals surface area contributed by atoms with Gasteiger partial charge in [0.05, 0.1) is 25.3 Å². The molecule has 0 unspecified atom stereocenters. The molecule has 3 fully saturated rings. The van der Waals surface area contributed by atoms with Crippen molar-refractivity contribution < 1.29 is 22.7 Å². The van der Waals surface area contributed by atoms with Crippen molar-refractivity contribution in [1.29, 1.82) is 0 Å². The van der Waals surface area contributed by atoms with Gasteiger partial charge in [-0.05, 0) is 25.7 Å². The molecule has 0 amide bonds. The monoisotopic (exact) mass is 398 g/mol. The number of carbonyl (C=O) groups is 1. The number of Topliss-reactive ketones (excluding diaryl/α,β-unsaturated/α-hetero) is 1. The molecular formula is C18H21F3N4O3. The van der Waals surface area contributed by atoms with Gasteiger partial charge in [0.1, 0.15) is 11.9 Å². The smallest absolute Gasteiger partial charge is 0.374 e. The first-order chi connectivity index (χ1) is 13.3. The van der Waals surface area contributed by atoms with Gasteiger partial charge in [0.25, 0.3) is 5.56 Å². The molecule has 0 radical (unpaired) electrons. The average molecular weight is 398 g/mol. The number of morpholine rings is 1. The summed E-state index contributed by atoms with van der Waals surface area (Å²) in [6, 6.07) is -0.335. The molecule has 7 nitrogen and oxygen atoms in total. The summed E-state index contributed by atoms with van der Waals surface area (Å²) in [6.07, 6.45) is -2.42. The zero-order chi connectivity index (χ0) is 19.6. The SMILES string of the molecule is O=C(CN1c2nc(N3C[C@@H]4C[C@H]3CO4)cc(=O)n2CC[C@H]1C(F)(F)F)C1CC1. The van der Waals surface area contributed by atoms with Crippen LogP contribution < -0.4 is 15.4 Å². The minimum Gasteiger partial charge on any atom is -0.374 e. The van der Waals surface area contributed by atoms with Crippen LogP contribution in [0, 0.1) is 5.92 Å². The van der Waals surface area contributed by atoms with E-state index >= 15 is 0 Å². The maximum atomic E-state index is 13.7. The van der Waals surface area contributed by atoms with Gasteiger partial charge in [-0.15, -0.1) is 0 Å². The standard InChI is InChI=1S/C18H21F3N4O3/c19-18(20,21)14-3-4-23-16(27)6-15(24-7-12-5-11(24)9-28-12)22-17(23)25(14)8-13(26)10-1-2-10/h6,10-12,14H,1-5,7-9H2/t11-,12-,14-/m0/s1. The number of nitrogens with zero attached hydrogens (tertiary/aromatic N) is 4. The van der Waals surface area contributed by atoms with E-state index in [1.807, 2.05) is 4.90 Å². The van der Waals surface area contributed by atoms with E-state index in [0.717, 1.165) is 24.2 Å². The lowest BCUT2D eigenvalue weighted by molar-refractivity contribution is -0.153. The largest absolute Gasteiger partial charge is 0.408 e. The predicted octanol–water partition coefficient (Wildman–Crippen LogP) is 1.34. The van der Waals surface area contributed by atoms with E-state index in [2.05, 4.69) is 4.98 Å². The fourth-order valence-electron chi connectivity index (χ4n) is 4.51. The number of carbonyl (C=O) groups excluding carboxylic acids is 1. The molecule has 1 saturated carbocycles. The molecule has 10 heteroatoms. The Labute approximate surface area is 159 Å². The van der Waals surface area contributed by atoms with E-state index in [0.29, 0.717) is 19.0 Å². The highest BCUT2D eigenvalue weighted by Gasteiger charge is 2.48. The summed E-state index contributed by atoms with van der Waals surface area (Å²) in [5.41, 5.74) is -0.381. The summed E-state index contributed by atoms with van der Waals surface area (Å²) in [4.78, 5) is 32.4. The summed E-state index contributed by atoms with van der Waals surface area (Å²) in [6.45, 7) is 0.679. The molecule has 0 aromatic carbocycles. The molecule has 1 aromatic heterocycles. The number of hydrogen-bond acceptors (Lipinski definition) is 6. The molecule has 3 aliphatic heterocycles. The Balaban J connectivity index is 1.54. The molecular weight excluding hydrogens is 377 g/mol. The van der Waals surface area contributed by atoms with Gasteiger partial charge < -0.3 is 14.5 Å². The Morgan fingerprint density at radius 3 is 2.68 bits per heavy atom. The molecule has 152 valence electrons. The van der Waals surface area contributed by atoms with Crippen LogP contribution in [0.25, 0.3) is 0 Å². The second-order valence-corrected chi connectivity index (χ2v) is 8.12. The van der Waals surface area contributed by atoms with Gasteiger partial charge in [-0.25, -0.2) is 0 Å². The molecule has 2 saturated heterocycles. The lowest BCUT2D eigenvalue weighted by Gasteiger charge is -2.39. The van der Waals surface area contributed by atoms with Crippen molar-refractivity contribution in [3.63, 3.8) is 0 Å². The number of alkyl halides is 3. The van der Waals surface area contributed by atoms with E-state index in [4.69, 9.17) is 4.74 Å². The van der Waals surface area contributed by atoms with Crippen LogP contribution >= 0.6 is 0 Å². The summed E-state index contributed by atoms with van der Waals surface area (Å²) < 4.78 is 47.9. The van der Waals surface area contributed by atoms with Crippen LogP contribution in [0.2, 0.25) is 0 Å². The highest BCUT2D eigenvalue weighted by molar-refractivity contribution is 5.87. The zero-order valence-electron chi connectivity index (χ0n) is 15.2. The molecule has 4 aliphatic rings. The van der Waals surface area contributed by atoms with Crippen LogP contribution in [-0.2, 0) is 16.1 Å². The number of halogens is 3. The fraction of sp³-hybridized carbons (Fsp3) is 0.722. The topological polar surface area (TPSA) is 67.7 Å². The van der Waals surface area contributed by atoms with Crippen LogP contribution in [0.3, 0.4) is 0 Å². The second kappa shape index (κ2) is 6.20. The number of aromatic nitrogens is 2. The van der Waals surface area contributed by atoms with Crippen molar-refractivity contribution in [1.82, 2.24) is 9.55 Å². The molecule has 3 atom stereocenters. The third kappa shape index (κ3) is 2.98. The van der Waals surface area contributed by atoms with Crippen molar-refractivity contribution >= 4 is 17.5 Å². The highest BCUT2D eigenvalue weighted by atomic mass is 19.4. The van der Waals surface area contributed by atoms with Gasteiger partial charge in [0.15, 0.2) is 5.78 Å². The van der Waals surface area contributed by atoms with Crippen LogP contribution in [0.4, 0.5) is 24.9 Å². The van der Waals surface area contributed by atoms with Gasteiger partial charge in [0.2, 0.25) is 5.95 Å². The average Bonchev–Trinajstić information content (AvgIpc) is 3.28. The van der Waals surface area contributed by atoms with Crippen LogP contribution in [0.5, 0.6) is 0 Å². The third-order valence-corrected chi connectivity index (χ3v) is 6.17. The first-order valence-corrected chi connectivity index (χ1v) is 9.67. The predicted molar refractivity (Wildman–Crippen MR) is 93.5 cm³/mol. The first-order valence-electron chi connectivity index (χ1n) is 9.67. The van der Waals surface area contributed by atoms with Gasteiger partial charge in [-0.3, -0.25) is 14.2 Å². The first kappa shape index (κ1) is 18.0. The highest BCUT2D eigenvalue weighted by Crippen LogP contribution is 2.37. The van der Waals surface area contributed by atoms with Crippen LogP contribution in [0.15, 0.2) is 10.9 Å². The van der Waals surface area contributed by atoms with Gasteiger partial charge >= 0.3 is 6.18 Å². The van der Waals surface area contributed by atoms with E-state index in [-0.39, 0.29) is 54.9 Å². The van der Waals surface area contributed by atoms with Gasteiger partial charge in [-0.2, -0.15) is 18.2 Å². The molecule has 2 bridgehead atoms. The summed E-state index contributed by atoms with van der Waals surface area (Å²) >= 11 is 0. The van der Waals surface area contributed by atoms with Crippen LogP contribution in [-0.4, -0.2) is 59.4 Å². The maximum Gasteiger partial charge on any atom is 0.408 e. The molecule has 1 aliphatic carbocycles. The molecule has 28 heavy (non-hydrogen) atoms. The molecule has 4 heterocycles. The minimum absolute atomic E-state index is 0.0474. The summed E-state index contributed by atoms with van der Waals surface area (Å²) in [5, 5.41) is 0. The Morgan fingerprint density at radius 1 is 1.29 bits per heavy atom. The van der Waals surface area contributed by atoms with E-state index in [9.17, 15) is 22.8 Å². The number of ketones is 1. The lowest BCUT2D eigenvalue weighted by Crippen LogP contribution is -2.54. The van der Waals surface area contributed by atoms with Crippen molar-refractivity contribution in [2.45, 2.75) is 56.6 Å². The van der Waals surface area contributed by atoms with Crippen LogP contribution in [0.1, 0.15) is 25.7 Å². The molecule has 1 aromatic rings. The van der Waals surface area contributed by atoms with Gasteiger partial charge in [-0.1, -0.05) is 0 Å². The minimum atomic E-state index is -4.50. The number of fused-ring (bicyclic) bond motifs is 3. The fourth-order valence-corrected chi connectivity index (χ4v) is 4.51. The number of rotatable bonds is 4. The number of hydrogen-bond donors (Lipinski definition) is 0. The summed E-state index contributed by atoms with van der Waals surface area (Å²) in [5.74, 6) is -0.0471. The van der Waals surface area contributed by atoms with Crippen molar-refractivity contribution in [2.24, 2.45) is 5.92 Å². The Hall–Kier alpha value is -2.10. The molecule has 0 spiro atoms. The Kier molecular flexibility index (Phi) is 3.98. The van der Waals surface area contributed by atoms with E-state index in [1.54, 1.807) is 0 Å². The van der Waals surface area contributed by atoms with Crippen molar-refractivity contribution in [2.75, 3.05) is 29.5 Å². The third-order valence-electron chi connectivity index (χ3n) is 6.17. The van der Waals surface area contributed by atoms with Gasteiger partial charge in [0, 0.05) is 25.1 Å². The zero-order valence-corrected chi connectivity index (χ0v) is 15.2. The summed E-state index contributed by atoms with van der Waals surface area (Å²) in [7, 11) is 0. The molecule has 5 rings (SSSR count). The number of anilines is 2. The lowest BCUT2D eigenvalue weighted by atomic mass is 10.1. The number of ether oxygens (including phenoxy) is 1.